The summed E-state index contributed by atoms with van der Waals surface area (Å²) in [5.41, 5.74) is 0. The Labute approximate surface area is 75.9 Å². The number of dihydropyridines is 1. The number of aliphatic imine (C=N–C) groups is 1. The number of hydrogen-bond acceptors (Lipinski definition) is 4. The smallest absolute Gasteiger partial charge is 0.316 e. The first-order valence-corrected chi connectivity index (χ1v) is 4.72. The normalized spacial score (nSPS) is 15.6. The van der Waals surface area contributed by atoms with Gasteiger partial charge in [0, 0.05) is 6.54 Å². The Morgan fingerprint density at radius 1 is 1.83 bits per heavy atom. The molecule has 0 unspecified atom stereocenters. The molecule has 0 radical (unpaired) electrons. The second-order valence-electron chi connectivity index (χ2n) is 2.28. The zero-order chi connectivity index (χ0) is 8.81. The van der Waals surface area contributed by atoms with Crippen LogP contribution in [0, 0.1) is 0 Å². The molecule has 66 valence electrons. The van der Waals surface area contributed by atoms with Crippen LogP contribution < -0.4 is 0 Å². The van der Waals surface area contributed by atoms with Gasteiger partial charge in [-0.3, -0.25) is 9.79 Å². The summed E-state index contributed by atoms with van der Waals surface area (Å²) in [6.45, 7) is 0.833. The molecular weight excluding hydrogens is 174 g/mol. The molecule has 0 saturated carbocycles. The monoisotopic (exact) mass is 185 g/mol. The first-order chi connectivity index (χ1) is 5.83. The van der Waals surface area contributed by atoms with Crippen molar-refractivity contribution in [1.29, 1.82) is 0 Å². The van der Waals surface area contributed by atoms with E-state index < -0.39 is 0 Å². The number of esters is 1. The second-order valence-corrected chi connectivity index (χ2v) is 3.27. The van der Waals surface area contributed by atoms with E-state index in [4.69, 9.17) is 0 Å². The summed E-state index contributed by atoms with van der Waals surface area (Å²) in [6, 6.07) is 0. The van der Waals surface area contributed by atoms with Crippen LogP contribution in [0.5, 0.6) is 0 Å². The number of carbonyl (C=O) groups excluding carboxylic acids is 1. The molecule has 0 amide bonds. The van der Waals surface area contributed by atoms with Crippen LogP contribution >= 0.6 is 11.8 Å². The third kappa shape index (κ3) is 3.09. The highest BCUT2D eigenvalue weighted by atomic mass is 32.2. The van der Waals surface area contributed by atoms with Gasteiger partial charge in [0.05, 0.1) is 17.9 Å². The SMILES string of the molecule is COC(=O)CSC1=NCCC=C1. The predicted octanol–water partition coefficient (Wildman–Crippen LogP) is 1.25. The van der Waals surface area contributed by atoms with Crippen LogP contribution in [0.2, 0.25) is 0 Å². The van der Waals surface area contributed by atoms with Crippen LogP contribution in [0.15, 0.2) is 17.1 Å². The number of rotatable bonds is 2. The van der Waals surface area contributed by atoms with E-state index in [9.17, 15) is 4.79 Å². The van der Waals surface area contributed by atoms with Crippen LogP contribution in [0.1, 0.15) is 6.42 Å². The van der Waals surface area contributed by atoms with E-state index in [1.165, 1.54) is 18.9 Å². The molecule has 0 N–H and O–H groups in total. The predicted molar refractivity (Wildman–Crippen MR) is 50.5 cm³/mol. The fourth-order valence-electron chi connectivity index (χ4n) is 0.772. The van der Waals surface area contributed by atoms with E-state index in [2.05, 4.69) is 15.8 Å². The molecule has 0 aromatic heterocycles. The largest absolute Gasteiger partial charge is 0.468 e. The molecule has 0 bridgehead atoms. The molecule has 1 heterocycles. The van der Waals surface area contributed by atoms with Crippen LogP contribution in [-0.4, -0.2) is 30.4 Å². The average Bonchev–Trinajstić information content (AvgIpc) is 2.16. The molecule has 1 aliphatic rings. The van der Waals surface area contributed by atoms with E-state index in [-0.39, 0.29) is 5.97 Å². The van der Waals surface area contributed by atoms with E-state index in [0.29, 0.717) is 5.75 Å². The van der Waals surface area contributed by atoms with Gasteiger partial charge < -0.3 is 4.74 Å². The summed E-state index contributed by atoms with van der Waals surface area (Å²) < 4.78 is 4.50. The summed E-state index contributed by atoms with van der Waals surface area (Å²) in [7, 11) is 1.39. The molecule has 0 aromatic carbocycles. The van der Waals surface area contributed by atoms with Gasteiger partial charge in [0.25, 0.3) is 0 Å². The van der Waals surface area contributed by atoms with E-state index in [1.807, 2.05) is 6.08 Å². The average molecular weight is 185 g/mol. The van der Waals surface area contributed by atoms with Gasteiger partial charge in [-0.25, -0.2) is 0 Å². The standard InChI is InChI=1S/C8H11NO2S/c1-11-8(10)6-12-7-4-2-3-5-9-7/h2,4H,3,5-6H2,1H3. The Hall–Kier alpha value is -0.770. The van der Waals surface area contributed by atoms with Crippen molar-refractivity contribution in [2.75, 3.05) is 19.4 Å². The molecule has 1 rings (SSSR count). The third-order valence-corrected chi connectivity index (χ3v) is 2.33. The topological polar surface area (TPSA) is 38.7 Å². The maximum Gasteiger partial charge on any atom is 0.316 e. The molecule has 12 heavy (non-hydrogen) atoms. The van der Waals surface area contributed by atoms with Crippen molar-refractivity contribution in [1.82, 2.24) is 0 Å². The molecule has 3 nitrogen and oxygen atoms in total. The minimum Gasteiger partial charge on any atom is -0.468 e. The molecule has 1 aliphatic heterocycles. The summed E-state index contributed by atoms with van der Waals surface area (Å²) in [4.78, 5) is 15.0. The molecule has 0 saturated heterocycles. The Kier molecular flexibility index (Phi) is 3.87. The molecular formula is C8H11NO2S. The third-order valence-electron chi connectivity index (χ3n) is 1.39. The molecule has 4 heteroatoms. The zero-order valence-corrected chi connectivity index (χ0v) is 7.76. The van der Waals surface area contributed by atoms with Crippen molar-refractivity contribution in [3.8, 4) is 0 Å². The second kappa shape index (κ2) is 4.98. The summed E-state index contributed by atoms with van der Waals surface area (Å²) in [6.07, 6.45) is 5.01. The molecule has 0 aliphatic carbocycles. The number of thioether (sulfide) groups is 1. The lowest BCUT2D eigenvalue weighted by Gasteiger charge is -2.03. The van der Waals surface area contributed by atoms with E-state index in [1.54, 1.807) is 0 Å². The molecule has 0 fully saturated rings. The van der Waals surface area contributed by atoms with Crippen LogP contribution in [0.4, 0.5) is 0 Å². The Morgan fingerprint density at radius 2 is 2.67 bits per heavy atom. The van der Waals surface area contributed by atoms with Gasteiger partial charge in [-0.1, -0.05) is 17.8 Å². The Bertz CT molecular complexity index is 223. The maximum absolute atomic E-state index is 10.7. The van der Waals surface area contributed by atoms with Gasteiger partial charge in [0.15, 0.2) is 0 Å². The highest BCUT2D eigenvalue weighted by Gasteiger charge is 2.04. The lowest BCUT2D eigenvalue weighted by atomic mass is 10.3. The van der Waals surface area contributed by atoms with Crippen molar-refractivity contribution in [3.05, 3.63) is 12.2 Å². The summed E-state index contributed by atoms with van der Waals surface area (Å²) >= 11 is 1.42. The molecule has 0 atom stereocenters. The minimum absolute atomic E-state index is 0.207. The summed E-state index contributed by atoms with van der Waals surface area (Å²) in [5.74, 6) is 0.140. The highest BCUT2D eigenvalue weighted by molar-refractivity contribution is 8.14. The Balaban J connectivity index is 2.27. The van der Waals surface area contributed by atoms with Crippen LogP contribution in [0.3, 0.4) is 0 Å². The van der Waals surface area contributed by atoms with Crippen molar-refractivity contribution >= 4 is 22.8 Å². The number of methoxy groups -OCH3 is 1. The summed E-state index contributed by atoms with van der Waals surface area (Å²) in [5, 5.41) is 0.923. The van der Waals surface area contributed by atoms with Crippen molar-refractivity contribution in [2.45, 2.75) is 6.42 Å². The quantitative estimate of drug-likeness (QED) is 0.608. The van der Waals surface area contributed by atoms with Gasteiger partial charge in [0.1, 0.15) is 0 Å². The first-order valence-electron chi connectivity index (χ1n) is 3.73. The minimum atomic E-state index is -0.207. The number of ether oxygens (including phenoxy) is 1. The van der Waals surface area contributed by atoms with Gasteiger partial charge >= 0.3 is 5.97 Å². The lowest BCUT2D eigenvalue weighted by Crippen LogP contribution is -2.06. The fraction of sp³-hybridized carbons (Fsp3) is 0.500. The fourth-order valence-corrected chi connectivity index (χ4v) is 1.53. The highest BCUT2D eigenvalue weighted by Crippen LogP contribution is 2.10. The van der Waals surface area contributed by atoms with E-state index >= 15 is 0 Å². The van der Waals surface area contributed by atoms with Crippen molar-refractivity contribution < 1.29 is 9.53 Å². The maximum atomic E-state index is 10.7. The van der Waals surface area contributed by atoms with Crippen LogP contribution in [0.25, 0.3) is 0 Å². The van der Waals surface area contributed by atoms with Crippen LogP contribution in [-0.2, 0) is 9.53 Å². The van der Waals surface area contributed by atoms with E-state index in [0.717, 1.165) is 18.0 Å². The van der Waals surface area contributed by atoms with Crippen molar-refractivity contribution in [3.63, 3.8) is 0 Å². The Morgan fingerprint density at radius 3 is 3.25 bits per heavy atom. The van der Waals surface area contributed by atoms with Gasteiger partial charge in [-0.05, 0) is 12.5 Å². The van der Waals surface area contributed by atoms with Crippen molar-refractivity contribution in [2.24, 2.45) is 4.99 Å². The number of hydrogen-bond donors (Lipinski definition) is 0. The van der Waals surface area contributed by atoms with Gasteiger partial charge in [0.2, 0.25) is 0 Å². The lowest BCUT2D eigenvalue weighted by molar-refractivity contribution is -0.137. The van der Waals surface area contributed by atoms with Gasteiger partial charge in [-0.2, -0.15) is 0 Å². The molecule has 0 aromatic rings. The number of carbonyl (C=O) groups is 1. The number of nitrogens with zero attached hydrogens (tertiary/aromatic N) is 1. The molecule has 0 spiro atoms. The first kappa shape index (κ1) is 9.32. The van der Waals surface area contributed by atoms with Gasteiger partial charge in [-0.15, -0.1) is 0 Å². The zero-order valence-electron chi connectivity index (χ0n) is 6.95.